The number of aromatic nitrogens is 3. The highest BCUT2D eigenvalue weighted by Crippen LogP contribution is 2.45. The van der Waals surface area contributed by atoms with Crippen molar-refractivity contribution in [2.45, 2.75) is 90.2 Å². The van der Waals surface area contributed by atoms with Gasteiger partial charge in [-0.1, -0.05) is 37.8 Å². The monoisotopic (exact) mass is 1130 g/mol. The van der Waals surface area contributed by atoms with Crippen molar-refractivity contribution in [1.82, 2.24) is 40.7 Å². The number of esters is 1. The summed E-state index contributed by atoms with van der Waals surface area (Å²) in [6.07, 6.45) is -13.1. The molecule has 5 atom stereocenters. The summed E-state index contributed by atoms with van der Waals surface area (Å²) in [5.74, 6) is -2.74. The zero-order valence-electron chi connectivity index (χ0n) is 43.7. The third-order valence-corrected chi connectivity index (χ3v) is 14.0. The number of amides is 3. The Morgan fingerprint density at radius 2 is 1.49 bits per heavy atom. The molecule has 2 saturated heterocycles. The van der Waals surface area contributed by atoms with Crippen LogP contribution in [-0.4, -0.2) is 150 Å². The number of hydrazine groups is 1. The summed E-state index contributed by atoms with van der Waals surface area (Å²) >= 11 is 0. The number of fused-ring (bicyclic) bond motifs is 1. The molecule has 3 amide bonds. The minimum absolute atomic E-state index is 0.203. The summed E-state index contributed by atoms with van der Waals surface area (Å²) in [7, 11) is 1.67. The quantitative estimate of drug-likeness (QED) is 0.0343. The highest BCUT2D eigenvalue weighted by molar-refractivity contribution is 5.87. The molecule has 17 nitrogen and oxygen atoms in total. The van der Waals surface area contributed by atoms with Gasteiger partial charge in [-0.15, -0.1) is 0 Å². The molecule has 2 aromatic heterocycles. The number of nitrogens with zero attached hydrogens (tertiary/aromatic N) is 6. The minimum Gasteiger partial charge on any atom is -0.469 e. The first-order chi connectivity index (χ1) is 37.0. The van der Waals surface area contributed by atoms with Crippen LogP contribution in [0.3, 0.4) is 0 Å². The van der Waals surface area contributed by atoms with E-state index < -0.39 is 121 Å². The molecule has 0 radical (unpaired) electrons. The number of hydrogen-bond acceptors (Lipinski definition) is 13. The second-order valence-corrected chi connectivity index (χ2v) is 20.0. The number of nitrogens with one attached hydrogen (secondary N) is 3. The van der Waals surface area contributed by atoms with E-state index in [9.17, 15) is 59.4 Å². The number of morpholine rings is 1. The largest absolute Gasteiger partial charge is 0.469 e. The van der Waals surface area contributed by atoms with E-state index in [0.29, 0.717) is 69.2 Å². The van der Waals surface area contributed by atoms with Crippen LogP contribution in [-0.2, 0) is 41.6 Å². The van der Waals surface area contributed by atoms with Crippen LogP contribution in [0.25, 0.3) is 11.3 Å². The molecule has 0 unspecified atom stereocenters. The van der Waals surface area contributed by atoms with Crippen molar-refractivity contribution in [3.8, 4) is 23.1 Å². The predicted molar refractivity (Wildman–Crippen MR) is 263 cm³/mol. The van der Waals surface area contributed by atoms with Crippen LogP contribution in [0.5, 0.6) is 0 Å². The second-order valence-electron chi connectivity index (χ2n) is 20.0. The summed E-state index contributed by atoms with van der Waals surface area (Å²) in [5.41, 5.74) is -4.22. The Morgan fingerprint density at radius 1 is 0.848 bits per heavy atom. The standard InChI is InChI=1S/C52H59F10N9O8/c1-49(2,51(57,58)59)36(24-43(73)77-5)45(74)67-70(27-35-37(53)22-33(23-38(35)54)39-15-16-71(66-39)47(55)56)28-41(72)40(64-46(75)44(65-48(76)78-6)50(3,4)52(60,61)62)21-31-10-7-30(8-11-31)9-12-32-13-14-42(63-25-32)69-18-17-68-19-20-79-29-34(68)26-69/h7-8,10-11,13-16,22-23,25,34,36,40-41,44,47,72H,17-21,24,26-29H2,1-6H3,(H,64,75)(H,65,76)(H,67,74)/t34-,36-,40+,41+,44-/m1/s1. The number of aliphatic hydroxyl groups is 1. The number of alkyl carbamates (subject to hydrolysis) is 1. The van der Waals surface area contributed by atoms with Crippen LogP contribution in [0, 0.1) is 40.2 Å². The van der Waals surface area contributed by atoms with Gasteiger partial charge in [-0.2, -0.15) is 40.2 Å². The molecule has 6 rings (SSSR count). The number of anilines is 1. The number of piperazine rings is 1. The maximum Gasteiger partial charge on any atom is 0.407 e. The van der Waals surface area contributed by atoms with Crippen LogP contribution in [0.2, 0.25) is 0 Å². The van der Waals surface area contributed by atoms with Crippen molar-refractivity contribution in [2.75, 3.05) is 65.1 Å². The Bertz CT molecular complexity index is 2820. The summed E-state index contributed by atoms with van der Waals surface area (Å²) in [6, 6.07) is 8.13. The van der Waals surface area contributed by atoms with E-state index in [-0.39, 0.29) is 27.5 Å². The Morgan fingerprint density at radius 3 is 2.08 bits per heavy atom. The number of rotatable bonds is 19. The molecule has 4 N–H and O–H groups in total. The van der Waals surface area contributed by atoms with Crippen molar-refractivity contribution in [1.29, 1.82) is 0 Å². The molecule has 2 fully saturated rings. The molecule has 430 valence electrons. The van der Waals surface area contributed by atoms with Gasteiger partial charge in [0.05, 0.1) is 74.5 Å². The average Bonchev–Trinajstić information content (AvgIpc) is 4.01. The SMILES string of the molecule is COC(=O)C[C@H](C(=O)NN(Cc1c(F)cc(-c2ccn(C(F)F)n2)cc1F)C[C@H](O)[C@H](Cc1ccc(C#Cc2ccc(N3CCN4CCOC[C@H]4C3)nc2)cc1)NC(=O)[C@@H](NC(=O)OC)C(C)(C)C(F)(F)F)C(C)(C)C(F)(F)F. The number of methoxy groups -OCH3 is 2. The number of alkyl halides is 8. The van der Waals surface area contributed by atoms with E-state index >= 15 is 8.78 Å². The molecule has 79 heavy (non-hydrogen) atoms. The third-order valence-electron chi connectivity index (χ3n) is 14.0. The number of aliphatic hydroxyl groups excluding tert-OH is 1. The third kappa shape index (κ3) is 15.2. The topological polar surface area (TPSA) is 193 Å². The number of pyridine rings is 1. The van der Waals surface area contributed by atoms with Gasteiger partial charge in [-0.05, 0) is 68.3 Å². The highest BCUT2D eigenvalue weighted by Gasteiger charge is 2.57. The number of ether oxygens (including phenoxy) is 3. The minimum atomic E-state index is -5.17. The van der Waals surface area contributed by atoms with Gasteiger partial charge in [0, 0.05) is 73.9 Å². The maximum absolute atomic E-state index is 16.0. The van der Waals surface area contributed by atoms with Gasteiger partial charge in [-0.25, -0.2) is 28.3 Å². The molecule has 4 heterocycles. The predicted octanol–water partition coefficient (Wildman–Crippen LogP) is 6.54. The molecule has 0 bridgehead atoms. The number of hydrogen-bond donors (Lipinski definition) is 4. The first-order valence-electron chi connectivity index (χ1n) is 24.6. The fraction of sp³-hybridized carbons (Fsp3) is 0.500. The first-order valence-corrected chi connectivity index (χ1v) is 24.6. The number of carbonyl (C=O) groups is 4. The Kier molecular flexibility index (Phi) is 19.7. The first kappa shape index (κ1) is 61.2. The molecule has 27 heteroatoms. The van der Waals surface area contributed by atoms with Gasteiger partial charge < -0.3 is 34.9 Å². The lowest BCUT2D eigenvalue weighted by Crippen LogP contribution is -2.62. The van der Waals surface area contributed by atoms with Gasteiger partial charge in [-0.3, -0.25) is 24.7 Å². The van der Waals surface area contributed by atoms with Crippen molar-refractivity contribution >= 4 is 29.7 Å². The summed E-state index contributed by atoms with van der Waals surface area (Å²) in [5, 5.41) is 20.3. The van der Waals surface area contributed by atoms with E-state index in [2.05, 4.69) is 51.9 Å². The van der Waals surface area contributed by atoms with E-state index in [0.717, 1.165) is 58.5 Å². The van der Waals surface area contributed by atoms with Crippen molar-refractivity contribution in [3.63, 3.8) is 0 Å². The number of benzene rings is 2. The Balaban J connectivity index is 1.33. The fourth-order valence-corrected chi connectivity index (χ4v) is 8.74. The highest BCUT2D eigenvalue weighted by atomic mass is 19.4. The molecule has 0 aliphatic carbocycles. The Hall–Kier alpha value is -7.02. The molecule has 0 saturated carbocycles. The maximum atomic E-state index is 16.0. The molecular formula is C52H59F10N9O8. The van der Waals surface area contributed by atoms with Crippen molar-refractivity contribution < 1.29 is 82.4 Å². The van der Waals surface area contributed by atoms with Gasteiger partial charge in [0.25, 0.3) is 0 Å². The van der Waals surface area contributed by atoms with Gasteiger partial charge in [0.2, 0.25) is 11.8 Å². The summed E-state index contributed by atoms with van der Waals surface area (Å²) in [4.78, 5) is 62.1. The number of carbonyl (C=O) groups excluding carboxylic acids is 4. The Labute approximate surface area is 447 Å². The van der Waals surface area contributed by atoms with E-state index in [1.807, 2.05) is 11.4 Å². The smallest absolute Gasteiger partial charge is 0.407 e. The normalized spacial score (nSPS) is 16.9. The van der Waals surface area contributed by atoms with Crippen molar-refractivity contribution in [2.24, 2.45) is 16.7 Å². The van der Waals surface area contributed by atoms with Crippen LogP contribution >= 0.6 is 0 Å². The molecule has 2 aromatic carbocycles. The van der Waals surface area contributed by atoms with Crippen LogP contribution in [0.1, 0.15) is 62.9 Å². The zero-order chi connectivity index (χ0) is 58.2. The number of halogens is 10. The molecule has 2 aliphatic heterocycles. The van der Waals surface area contributed by atoms with E-state index in [1.165, 1.54) is 12.1 Å². The van der Waals surface area contributed by atoms with Crippen molar-refractivity contribution in [3.05, 3.63) is 101 Å². The second kappa shape index (κ2) is 25.4. The summed E-state index contributed by atoms with van der Waals surface area (Å²) in [6.45, 7) is 1.66. The molecule has 0 spiro atoms. The van der Waals surface area contributed by atoms with E-state index in [1.54, 1.807) is 24.4 Å². The van der Waals surface area contributed by atoms with Gasteiger partial charge >= 0.3 is 31.0 Å². The van der Waals surface area contributed by atoms with Crippen LogP contribution in [0.4, 0.5) is 54.5 Å². The van der Waals surface area contributed by atoms with Gasteiger partial charge in [0.15, 0.2) is 0 Å². The average molecular weight is 1130 g/mol. The van der Waals surface area contributed by atoms with Crippen LogP contribution < -0.4 is 21.0 Å². The zero-order valence-corrected chi connectivity index (χ0v) is 43.7. The fourth-order valence-electron chi connectivity index (χ4n) is 8.74. The lowest BCUT2D eigenvalue weighted by atomic mass is 9.75. The molecular weight excluding hydrogens is 1070 g/mol. The van der Waals surface area contributed by atoms with E-state index in [4.69, 9.17) is 4.74 Å². The molecule has 4 aromatic rings. The van der Waals surface area contributed by atoms with Crippen LogP contribution in [0.15, 0.2) is 67.0 Å². The lowest BCUT2D eigenvalue weighted by Gasteiger charge is -2.44. The van der Waals surface area contributed by atoms with Gasteiger partial charge in [0.1, 0.15) is 23.5 Å². The molecule has 2 aliphatic rings. The summed E-state index contributed by atoms with van der Waals surface area (Å²) < 4.78 is 161. The lowest BCUT2D eigenvalue weighted by molar-refractivity contribution is -0.231.